The molecule has 116 valence electrons. The molecule has 0 aliphatic carbocycles. The number of benzene rings is 1. The zero-order valence-corrected chi connectivity index (χ0v) is 11.8. The van der Waals surface area contributed by atoms with E-state index in [2.05, 4.69) is 0 Å². The predicted molar refractivity (Wildman–Crippen MR) is 68.8 cm³/mol. The van der Waals surface area contributed by atoms with Gasteiger partial charge in [-0.15, -0.1) is 0 Å². The van der Waals surface area contributed by atoms with Gasteiger partial charge >= 0.3 is 0 Å². The summed E-state index contributed by atoms with van der Waals surface area (Å²) in [6, 6.07) is 4.91. The predicted octanol–water partition coefficient (Wildman–Crippen LogP) is -0.596. The number of aliphatic hydroxyl groups is 1. The monoisotopic (exact) mass is 297 g/mol. The third-order valence-electron chi connectivity index (χ3n) is 3.34. The zero-order chi connectivity index (χ0) is 15.5. The Balaban J connectivity index is 2.33. The molecule has 2 unspecified atom stereocenters. The molecule has 0 saturated heterocycles. The Bertz CT molecular complexity index is 516. The molecule has 2 atom stereocenters. The van der Waals surface area contributed by atoms with Crippen LogP contribution in [0.5, 0.6) is 11.5 Å². The molecule has 1 N–H and O–H groups in total. The van der Waals surface area contributed by atoms with Gasteiger partial charge in [0.25, 0.3) is 0 Å². The molecule has 0 saturated carbocycles. The minimum absolute atomic E-state index is 0.00867. The highest BCUT2D eigenvalue weighted by atomic mass is 16.7. The number of carbonyl (C=O) groups excluding carboxylic acids is 1. The molecule has 1 heterocycles. The van der Waals surface area contributed by atoms with Gasteiger partial charge in [-0.2, -0.15) is 0 Å². The van der Waals surface area contributed by atoms with E-state index in [0.717, 1.165) is 0 Å². The summed E-state index contributed by atoms with van der Waals surface area (Å²) in [6.45, 7) is -0.0236. The van der Waals surface area contributed by atoms with Gasteiger partial charge in [0.15, 0.2) is 17.6 Å². The fraction of sp³-hybridized carbons (Fsp3) is 0.500. The fourth-order valence-corrected chi connectivity index (χ4v) is 2.39. The Kier molecular flexibility index (Phi) is 4.66. The zero-order valence-electron chi connectivity index (χ0n) is 11.8. The van der Waals surface area contributed by atoms with Crippen LogP contribution < -0.4 is 14.6 Å². The molecule has 7 heteroatoms. The summed E-state index contributed by atoms with van der Waals surface area (Å²) in [6.07, 6.45) is -1.49. The number of rotatable bonds is 7. The van der Waals surface area contributed by atoms with Crippen LogP contribution in [0.25, 0.3) is 0 Å². The van der Waals surface area contributed by atoms with Crippen molar-refractivity contribution in [3.63, 3.8) is 0 Å². The lowest BCUT2D eigenvalue weighted by atomic mass is 9.87. The van der Waals surface area contributed by atoms with Crippen molar-refractivity contribution in [1.29, 1.82) is 0 Å². The maximum Gasteiger partial charge on any atom is 0.168 e. The van der Waals surface area contributed by atoms with E-state index >= 15 is 0 Å². The highest BCUT2D eigenvalue weighted by molar-refractivity contribution is 5.68. The van der Waals surface area contributed by atoms with Gasteiger partial charge in [0.1, 0.15) is 12.4 Å². The van der Waals surface area contributed by atoms with Gasteiger partial charge < -0.3 is 34.0 Å². The summed E-state index contributed by atoms with van der Waals surface area (Å²) >= 11 is 0. The first-order chi connectivity index (χ1) is 10.0. The van der Waals surface area contributed by atoms with E-state index in [-0.39, 0.29) is 13.4 Å². The van der Waals surface area contributed by atoms with E-state index < -0.39 is 24.1 Å². The van der Waals surface area contributed by atoms with Crippen LogP contribution in [-0.2, 0) is 19.9 Å². The van der Waals surface area contributed by atoms with Gasteiger partial charge in [0.05, 0.1) is 13.7 Å². The highest BCUT2D eigenvalue weighted by Crippen LogP contribution is 2.48. The molecule has 1 aliphatic heterocycles. The number of carbonyl (C=O) groups is 1. The normalized spacial score (nSPS) is 23.5. The van der Waals surface area contributed by atoms with Crippen molar-refractivity contribution in [1.82, 2.24) is 0 Å². The van der Waals surface area contributed by atoms with Crippen molar-refractivity contribution < 1.29 is 34.0 Å². The first-order valence-corrected chi connectivity index (χ1v) is 6.36. The summed E-state index contributed by atoms with van der Waals surface area (Å²) in [5.41, 5.74) is -1.40. The van der Waals surface area contributed by atoms with Crippen LogP contribution in [0.3, 0.4) is 0 Å². The molecule has 7 nitrogen and oxygen atoms in total. The molecule has 2 rings (SSSR count). The number of ether oxygens (including phenoxy) is 4. The van der Waals surface area contributed by atoms with Crippen LogP contribution >= 0.6 is 0 Å². The fourth-order valence-electron chi connectivity index (χ4n) is 2.39. The second-order valence-electron chi connectivity index (χ2n) is 4.69. The Hall–Kier alpha value is -1.83. The molecule has 1 aromatic rings. The lowest BCUT2D eigenvalue weighted by Crippen LogP contribution is -2.45. The third kappa shape index (κ3) is 2.94. The lowest BCUT2D eigenvalue weighted by Gasteiger charge is -2.29. The average molecular weight is 297 g/mol. The van der Waals surface area contributed by atoms with Crippen LogP contribution in [0.4, 0.5) is 0 Å². The number of carboxylic acid groups (broad SMARTS) is 1. The summed E-state index contributed by atoms with van der Waals surface area (Å²) in [4.78, 5) is 11.0. The SMILES string of the molecule is COCOCC1Oc2c(OC)cccc2C1(O)CC(=O)[O-]. The van der Waals surface area contributed by atoms with Crippen molar-refractivity contribution in [2.24, 2.45) is 0 Å². The number of hydrogen-bond donors (Lipinski definition) is 1. The van der Waals surface area contributed by atoms with Crippen molar-refractivity contribution >= 4 is 5.97 Å². The van der Waals surface area contributed by atoms with E-state index in [4.69, 9.17) is 18.9 Å². The summed E-state index contributed by atoms with van der Waals surface area (Å²) in [5, 5.41) is 21.7. The summed E-state index contributed by atoms with van der Waals surface area (Å²) in [5.74, 6) is -0.651. The van der Waals surface area contributed by atoms with Gasteiger partial charge in [0, 0.05) is 25.1 Å². The molecule has 21 heavy (non-hydrogen) atoms. The van der Waals surface area contributed by atoms with Gasteiger partial charge in [-0.05, 0) is 6.07 Å². The molecule has 1 aliphatic rings. The molecule has 0 radical (unpaired) electrons. The Morgan fingerprint density at radius 2 is 2.24 bits per heavy atom. The maximum absolute atomic E-state index is 11.0. The van der Waals surface area contributed by atoms with Crippen LogP contribution in [0, 0.1) is 0 Å². The van der Waals surface area contributed by atoms with Crippen LogP contribution in [0.2, 0.25) is 0 Å². The number of para-hydroxylation sites is 1. The van der Waals surface area contributed by atoms with E-state index in [1.165, 1.54) is 14.2 Å². The minimum Gasteiger partial charge on any atom is -0.550 e. The van der Waals surface area contributed by atoms with Gasteiger partial charge in [-0.1, -0.05) is 12.1 Å². The second kappa shape index (κ2) is 6.30. The van der Waals surface area contributed by atoms with E-state index in [1.54, 1.807) is 18.2 Å². The smallest absolute Gasteiger partial charge is 0.168 e. The molecule has 0 bridgehead atoms. The Morgan fingerprint density at radius 3 is 2.86 bits per heavy atom. The van der Waals surface area contributed by atoms with E-state index in [0.29, 0.717) is 17.1 Å². The number of carboxylic acids is 1. The number of aliphatic carboxylic acids is 1. The first kappa shape index (κ1) is 15.6. The number of hydrogen-bond acceptors (Lipinski definition) is 7. The Morgan fingerprint density at radius 1 is 1.48 bits per heavy atom. The summed E-state index contributed by atoms with van der Waals surface area (Å²) in [7, 11) is 2.92. The second-order valence-corrected chi connectivity index (χ2v) is 4.69. The molecule has 0 fully saturated rings. The first-order valence-electron chi connectivity index (χ1n) is 6.36. The highest BCUT2D eigenvalue weighted by Gasteiger charge is 2.49. The van der Waals surface area contributed by atoms with Gasteiger partial charge in [0.2, 0.25) is 0 Å². The van der Waals surface area contributed by atoms with Gasteiger partial charge in [-0.3, -0.25) is 0 Å². The topological polar surface area (TPSA) is 97.3 Å². The molecular weight excluding hydrogens is 280 g/mol. The molecule has 0 amide bonds. The third-order valence-corrected chi connectivity index (χ3v) is 3.34. The quantitative estimate of drug-likeness (QED) is 0.530. The standard InChI is InChI=1S/C14H18O7/c1-18-8-20-7-11-14(17,6-12(15)16)9-4-3-5-10(19-2)13(9)21-11/h3-5,11,17H,6-8H2,1-2H3,(H,15,16)/p-1. The van der Waals surface area contributed by atoms with Gasteiger partial charge in [-0.25, -0.2) is 0 Å². The van der Waals surface area contributed by atoms with E-state index in [9.17, 15) is 15.0 Å². The lowest BCUT2D eigenvalue weighted by molar-refractivity contribution is -0.310. The molecular formula is C14H17O7-. The van der Waals surface area contributed by atoms with E-state index in [1.807, 2.05) is 0 Å². The van der Waals surface area contributed by atoms with Crippen molar-refractivity contribution in [2.75, 3.05) is 27.6 Å². The van der Waals surface area contributed by atoms with Crippen LogP contribution in [0.15, 0.2) is 18.2 Å². The number of fused-ring (bicyclic) bond motifs is 1. The minimum atomic E-state index is -1.74. The average Bonchev–Trinajstić information content (AvgIpc) is 2.71. The molecule has 0 spiro atoms. The summed E-state index contributed by atoms with van der Waals surface area (Å²) < 4.78 is 20.8. The Labute approximate surface area is 122 Å². The van der Waals surface area contributed by atoms with Crippen molar-refractivity contribution in [3.05, 3.63) is 23.8 Å². The van der Waals surface area contributed by atoms with Crippen LogP contribution in [-0.4, -0.2) is 44.8 Å². The number of methoxy groups -OCH3 is 2. The largest absolute Gasteiger partial charge is 0.550 e. The van der Waals surface area contributed by atoms with Crippen molar-refractivity contribution in [2.45, 2.75) is 18.1 Å². The molecule has 1 aromatic carbocycles. The van der Waals surface area contributed by atoms with Crippen molar-refractivity contribution in [3.8, 4) is 11.5 Å². The van der Waals surface area contributed by atoms with Crippen LogP contribution in [0.1, 0.15) is 12.0 Å². The molecule has 0 aromatic heterocycles. The maximum atomic E-state index is 11.0.